The van der Waals surface area contributed by atoms with E-state index in [1.54, 1.807) is 0 Å². The first-order valence-corrected chi connectivity index (χ1v) is 8.65. The minimum atomic E-state index is 0.421. The molecule has 1 saturated heterocycles. The summed E-state index contributed by atoms with van der Waals surface area (Å²) in [6.45, 7) is 7.24. The first kappa shape index (κ1) is 13.8. The summed E-state index contributed by atoms with van der Waals surface area (Å²) in [6, 6.07) is 12.5. The third-order valence-corrected chi connectivity index (χ3v) is 6.16. The van der Waals surface area contributed by atoms with Gasteiger partial charge in [-0.2, -0.15) is 0 Å². The number of rotatable bonds is 2. The zero-order valence-electron chi connectivity index (χ0n) is 13.4. The van der Waals surface area contributed by atoms with Crippen LogP contribution >= 0.6 is 0 Å². The lowest BCUT2D eigenvalue weighted by Crippen LogP contribution is -2.60. The lowest BCUT2D eigenvalue weighted by atomic mass is 9.89. The third kappa shape index (κ3) is 2.43. The molecule has 0 bridgehead atoms. The largest absolute Gasteiger partial charge is 0.308 e. The van der Waals surface area contributed by atoms with Gasteiger partial charge in [0, 0.05) is 30.7 Å². The van der Waals surface area contributed by atoms with Crippen molar-refractivity contribution in [2.24, 2.45) is 5.41 Å². The lowest BCUT2D eigenvalue weighted by molar-refractivity contribution is 0.0629. The number of hydrogen-bond acceptors (Lipinski definition) is 2. The average molecular weight is 284 g/mol. The quantitative estimate of drug-likeness (QED) is 0.890. The molecule has 1 heterocycles. The number of hydrogen-bond donors (Lipinski definition) is 1. The second kappa shape index (κ2) is 4.82. The van der Waals surface area contributed by atoms with Crippen molar-refractivity contribution in [2.75, 3.05) is 13.1 Å². The van der Waals surface area contributed by atoms with Crippen molar-refractivity contribution in [2.45, 2.75) is 63.6 Å². The Kier molecular flexibility index (Phi) is 3.16. The van der Waals surface area contributed by atoms with Crippen molar-refractivity contribution in [3.05, 3.63) is 35.9 Å². The molecule has 2 saturated carbocycles. The number of benzene rings is 1. The Hall–Kier alpha value is -0.860. The van der Waals surface area contributed by atoms with Crippen LogP contribution in [0.25, 0.3) is 0 Å². The van der Waals surface area contributed by atoms with E-state index >= 15 is 0 Å². The predicted molar refractivity (Wildman–Crippen MR) is 87.3 cm³/mol. The van der Waals surface area contributed by atoms with Gasteiger partial charge in [-0.05, 0) is 30.2 Å². The first-order chi connectivity index (χ1) is 10.1. The van der Waals surface area contributed by atoms with Crippen molar-refractivity contribution in [3.8, 4) is 0 Å². The molecule has 0 amide bonds. The molecular weight excluding hydrogens is 256 g/mol. The summed E-state index contributed by atoms with van der Waals surface area (Å²) < 4.78 is 0. The summed E-state index contributed by atoms with van der Waals surface area (Å²) in [6.07, 6.45) is 6.93. The van der Waals surface area contributed by atoms with Gasteiger partial charge in [-0.15, -0.1) is 0 Å². The molecule has 2 nitrogen and oxygen atoms in total. The van der Waals surface area contributed by atoms with E-state index in [1.807, 2.05) is 0 Å². The highest BCUT2D eigenvalue weighted by molar-refractivity contribution is 5.23. The molecule has 2 unspecified atom stereocenters. The molecule has 1 N–H and O–H groups in total. The van der Waals surface area contributed by atoms with Gasteiger partial charge in [-0.3, -0.25) is 4.90 Å². The third-order valence-electron chi connectivity index (χ3n) is 6.16. The minimum Gasteiger partial charge on any atom is -0.308 e. The van der Waals surface area contributed by atoms with Crippen LogP contribution in [0.4, 0.5) is 0 Å². The minimum absolute atomic E-state index is 0.421. The Morgan fingerprint density at radius 3 is 2.38 bits per heavy atom. The fourth-order valence-electron chi connectivity index (χ4n) is 4.65. The topological polar surface area (TPSA) is 15.3 Å². The van der Waals surface area contributed by atoms with E-state index in [2.05, 4.69) is 54.4 Å². The van der Waals surface area contributed by atoms with Crippen LogP contribution in [0.1, 0.15) is 57.6 Å². The van der Waals surface area contributed by atoms with E-state index in [1.165, 1.54) is 44.2 Å². The Morgan fingerprint density at radius 1 is 1.10 bits per heavy atom. The molecule has 3 aliphatic rings. The fourth-order valence-corrected chi connectivity index (χ4v) is 4.65. The molecule has 114 valence electrons. The van der Waals surface area contributed by atoms with Gasteiger partial charge in [-0.25, -0.2) is 0 Å². The number of nitrogens with one attached hydrogen (secondary N) is 1. The summed E-state index contributed by atoms with van der Waals surface area (Å²) in [5.41, 5.74) is 2.43. The maximum atomic E-state index is 3.94. The van der Waals surface area contributed by atoms with Crippen LogP contribution in [0, 0.1) is 5.41 Å². The van der Waals surface area contributed by atoms with E-state index in [-0.39, 0.29) is 0 Å². The van der Waals surface area contributed by atoms with Crippen molar-refractivity contribution in [3.63, 3.8) is 0 Å². The highest BCUT2D eigenvalue weighted by Crippen LogP contribution is 2.52. The maximum Gasteiger partial charge on any atom is 0.0476 e. The molecule has 2 heteroatoms. The molecule has 21 heavy (non-hydrogen) atoms. The van der Waals surface area contributed by atoms with Crippen molar-refractivity contribution < 1.29 is 0 Å². The number of nitrogens with zero attached hydrogens (tertiary/aromatic N) is 1. The van der Waals surface area contributed by atoms with Crippen LogP contribution < -0.4 is 5.32 Å². The van der Waals surface area contributed by atoms with Crippen LogP contribution in [-0.4, -0.2) is 29.6 Å². The Bertz CT molecular complexity index is 502. The van der Waals surface area contributed by atoms with Crippen LogP contribution in [0.15, 0.2) is 30.3 Å². The van der Waals surface area contributed by atoms with E-state index in [4.69, 9.17) is 0 Å². The SMILES string of the molecule is CC1(C)CC1N1CC2(CCCC2)NCC1c1ccccc1. The van der Waals surface area contributed by atoms with Gasteiger partial charge in [-0.1, -0.05) is 57.0 Å². The second-order valence-electron chi connectivity index (χ2n) is 8.18. The molecule has 1 spiro atoms. The summed E-state index contributed by atoms with van der Waals surface area (Å²) in [5.74, 6) is 0. The van der Waals surface area contributed by atoms with E-state index in [0.717, 1.165) is 12.6 Å². The molecule has 3 fully saturated rings. The Morgan fingerprint density at radius 2 is 1.76 bits per heavy atom. The van der Waals surface area contributed by atoms with Gasteiger partial charge >= 0.3 is 0 Å². The van der Waals surface area contributed by atoms with Gasteiger partial charge in [0.1, 0.15) is 0 Å². The molecule has 2 aliphatic carbocycles. The number of piperazine rings is 1. The summed E-state index contributed by atoms with van der Waals surface area (Å²) >= 11 is 0. The van der Waals surface area contributed by atoms with Crippen molar-refractivity contribution >= 4 is 0 Å². The average Bonchev–Trinajstić information content (AvgIpc) is 2.91. The summed E-state index contributed by atoms with van der Waals surface area (Å²) in [4.78, 5) is 2.84. The molecule has 1 aromatic rings. The second-order valence-corrected chi connectivity index (χ2v) is 8.18. The van der Waals surface area contributed by atoms with Gasteiger partial charge in [0.05, 0.1) is 0 Å². The monoisotopic (exact) mass is 284 g/mol. The fraction of sp³-hybridized carbons (Fsp3) is 0.684. The Balaban J connectivity index is 1.61. The highest BCUT2D eigenvalue weighted by Gasteiger charge is 2.54. The first-order valence-electron chi connectivity index (χ1n) is 8.65. The van der Waals surface area contributed by atoms with Crippen LogP contribution in [0.2, 0.25) is 0 Å². The predicted octanol–water partition coefficient (Wildman–Crippen LogP) is 3.74. The Labute approximate surface area is 128 Å². The standard InChI is InChI=1S/C19H28N2/c1-18(2)12-17(18)21-14-19(10-6-7-11-19)20-13-16(21)15-8-4-3-5-9-15/h3-5,8-9,16-17,20H,6-7,10-14H2,1-2H3. The molecule has 2 atom stereocenters. The van der Waals surface area contributed by atoms with Gasteiger partial charge in [0.2, 0.25) is 0 Å². The lowest BCUT2D eigenvalue weighted by Gasteiger charge is -2.47. The highest BCUT2D eigenvalue weighted by atomic mass is 15.3. The van der Waals surface area contributed by atoms with Gasteiger partial charge in [0.25, 0.3) is 0 Å². The molecular formula is C19H28N2. The normalized spacial score (nSPS) is 34.2. The van der Waals surface area contributed by atoms with Crippen molar-refractivity contribution in [1.29, 1.82) is 0 Å². The van der Waals surface area contributed by atoms with Crippen LogP contribution in [0.3, 0.4) is 0 Å². The van der Waals surface area contributed by atoms with Crippen LogP contribution in [0.5, 0.6) is 0 Å². The molecule has 1 aromatic carbocycles. The van der Waals surface area contributed by atoms with Gasteiger partial charge in [0.15, 0.2) is 0 Å². The van der Waals surface area contributed by atoms with E-state index in [0.29, 0.717) is 17.0 Å². The molecule has 4 rings (SSSR count). The molecule has 0 aromatic heterocycles. The maximum absolute atomic E-state index is 3.94. The smallest absolute Gasteiger partial charge is 0.0476 e. The zero-order valence-corrected chi connectivity index (χ0v) is 13.4. The summed E-state index contributed by atoms with van der Waals surface area (Å²) in [7, 11) is 0. The molecule has 0 radical (unpaired) electrons. The van der Waals surface area contributed by atoms with Crippen LogP contribution in [-0.2, 0) is 0 Å². The van der Waals surface area contributed by atoms with E-state index in [9.17, 15) is 0 Å². The molecule has 1 aliphatic heterocycles. The van der Waals surface area contributed by atoms with Crippen molar-refractivity contribution in [1.82, 2.24) is 10.2 Å². The summed E-state index contributed by atoms with van der Waals surface area (Å²) in [5, 5.41) is 3.94. The van der Waals surface area contributed by atoms with Gasteiger partial charge < -0.3 is 5.32 Å². The zero-order chi connectivity index (χ0) is 14.5. The van der Waals surface area contributed by atoms with E-state index < -0.39 is 0 Å².